The van der Waals surface area contributed by atoms with Gasteiger partial charge in [-0.15, -0.1) is 0 Å². The lowest BCUT2D eigenvalue weighted by Gasteiger charge is -2.31. The zero-order valence-corrected chi connectivity index (χ0v) is 43.0. The van der Waals surface area contributed by atoms with Gasteiger partial charge < -0.3 is 30.7 Å². The fourth-order valence-electron chi connectivity index (χ4n) is 7.65. The van der Waals surface area contributed by atoms with E-state index in [-0.39, 0.29) is 102 Å². The van der Waals surface area contributed by atoms with Crippen LogP contribution >= 0.6 is 0 Å². The summed E-state index contributed by atoms with van der Waals surface area (Å²) in [7, 11) is 0. The van der Waals surface area contributed by atoms with Crippen molar-refractivity contribution < 1.29 is 57.5 Å². The summed E-state index contributed by atoms with van der Waals surface area (Å²) in [5.74, 6) is -2.85. The maximum Gasteiger partial charge on any atom is 0.408 e. The van der Waals surface area contributed by atoms with E-state index in [1.165, 1.54) is 24.0 Å². The highest BCUT2D eigenvalue weighted by molar-refractivity contribution is 5.97. The molecule has 1 aliphatic heterocycles. The van der Waals surface area contributed by atoms with Gasteiger partial charge in [0.25, 0.3) is 5.91 Å². The number of ether oxygens (including phenoxy) is 2. The smallest absolute Gasteiger partial charge is 0.408 e. The second-order valence-corrected chi connectivity index (χ2v) is 18.8. The molecule has 0 saturated carbocycles. The second kappa shape index (κ2) is 30.1. The molecule has 19 heteroatoms. The zero-order valence-electron chi connectivity index (χ0n) is 43.0. The highest BCUT2D eigenvalue weighted by Crippen LogP contribution is 2.15. The molecule has 0 aromatic heterocycles. The lowest BCUT2D eigenvalue weighted by atomic mass is 10.0. The van der Waals surface area contributed by atoms with Gasteiger partial charge in [-0.05, 0) is 81.5 Å². The van der Waals surface area contributed by atoms with Gasteiger partial charge in [0.1, 0.15) is 49.6 Å². The van der Waals surface area contributed by atoms with E-state index < -0.39 is 53.6 Å². The van der Waals surface area contributed by atoms with Crippen LogP contribution in [0.25, 0.3) is 0 Å². The molecule has 4 aromatic carbocycles. The molecule has 0 aliphatic carbocycles. The molecule has 1 fully saturated rings. The predicted octanol–water partition coefficient (Wildman–Crippen LogP) is 5.83. The SMILES string of the molecule is CC(=O)N(CCC[C@@H]1NC(=O)[C@H](CCCN(OCc2ccccc2)C(=O)[C@@H](COCc2ccccc2)NC(=O)[C@@H](CCCN(OCc2ccccc2)C(C)=O)NC(=O)OC(C)(C)C)NC1=O)OCc1ccccc1. The molecular formula is C55H71N7O12. The molecule has 4 aromatic rings. The van der Waals surface area contributed by atoms with Gasteiger partial charge in [0, 0.05) is 33.5 Å². The van der Waals surface area contributed by atoms with Crippen molar-refractivity contribution in [3.8, 4) is 0 Å². The van der Waals surface area contributed by atoms with Gasteiger partial charge >= 0.3 is 6.09 Å². The molecule has 4 N–H and O–H groups in total. The molecule has 4 atom stereocenters. The third-order valence-corrected chi connectivity index (χ3v) is 11.5. The highest BCUT2D eigenvalue weighted by atomic mass is 16.7. The van der Waals surface area contributed by atoms with Crippen LogP contribution in [0.1, 0.15) is 95.4 Å². The molecule has 1 heterocycles. The van der Waals surface area contributed by atoms with E-state index in [1.807, 2.05) is 121 Å². The minimum absolute atomic E-state index is 0.0135. The van der Waals surface area contributed by atoms with Crippen LogP contribution < -0.4 is 21.3 Å². The van der Waals surface area contributed by atoms with Crippen LogP contribution in [0.4, 0.5) is 4.79 Å². The summed E-state index contributed by atoms with van der Waals surface area (Å²) < 4.78 is 11.6. The van der Waals surface area contributed by atoms with Crippen LogP contribution in [-0.4, -0.2) is 113 Å². The summed E-state index contributed by atoms with van der Waals surface area (Å²) in [6.45, 7) is 8.13. The van der Waals surface area contributed by atoms with Crippen molar-refractivity contribution in [1.29, 1.82) is 0 Å². The third kappa shape index (κ3) is 20.7. The van der Waals surface area contributed by atoms with Crippen LogP contribution in [0.2, 0.25) is 0 Å². The number of carbonyl (C=O) groups excluding carboxylic acids is 7. The molecule has 19 nitrogen and oxygen atoms in total. The molecule has 7 amide bonds. The van der Waals surface area contributed by atoms with Gasteiger partial charge in [0.2, 0.25) is 29.5 Å². The minimum atomic E-state index is -1.35. The quantitative estimate of drug-likeness (QED) is 0.0472. The summed E-state index contributed by atoms with van der Waals surface area (Å²) in [5, 5.41) is 14.6. The maximum atomic E-state index is 14.7. The normalized spacial score (nSPS) is 15.1. The molecular weight excluding hydrogens is 951 g/mol. The Morgan fingerprint density at radius 2 is 0.932 bits per heavy atom. The van der Waals surface area contributed by atoms with E-state index in [9.17, 15) is 33.6 Å². The summed E-state index contributed by atoms with van der Waals surface area (Å²) in [6, 6.07) is 32.8. The van der Waals surface area contributed by atoms with E-state index >= 15 is 0 Å². The maximum absolute atomic E-state index is 14.7. The zero-order chi connectivity index (χ0) is 53.3. The Morgan fingerprint density at radius 3 is 1.35 bits per heavy atom. The number of hydrogen-bond donors (Lipinski definition) is 4. The fraction of sp³-hybridized carbons (Fsp3) is 0.436. The minimum Gasteiger partial charge on any atom is -0.444 e. The van der Waals surface area contributed by atoms with Crippen LogP contribution in [0.3, 0.4) is 0 Å². The van der Waals surface area contributed by atoms with E-state index in [0.29, 0.717) is 6.42 Å². The number of benzene rings is 4. The average molecular weight is 1020 g/mol. The molecule has 0 spiro atoms. The average Bonchev–Trinajstić information content (AvgIpc) is 3.37. The van der Waals surface area contributed by atoms with Crippen LogP contribution in [0.15, 0.2) is 121 Å². The topological polar surface area (TPSA) is 223 Å². The largest absolute Gasteiger partial charge is 0.444 e. The van der Waals surface area contributed by atoms with E-state index in [1.54, 1.807) is 20.8 Å². The molecule has 1 aliphatic rings. The lowest BCUT2D eigenvalue weighted by Crippen LogP contribution is -2.61. The number of nitrogens with zero attached hydrogens (tertiary/aromatic N) is 3. The number of hydroxylamine groups is 6. The van der Waals surface area contributed by atoms with Gasteiger partial charge in [-0.1, -0.05) is 121 Å². The van der Waals surface area contributed by atoms with Gasteiger partial charge in [-0.2, -0.15) is 0 Å². The standard InChI is InChI=1S/C55H71N7O12/c1-40(63)60(71-36-43-23-12-7-13-24-43)32-18-29-46-50(65)57-47(51(66)56-46)30-20-34-62(73-38-45-27-16-9-17-28-45)53(68)49(39-70-35-42-21-10-6-11-22-42)58-52(67)48(59-54(69)74-55(3,4)5)31-19-33-61(41(2)64)72-37-44-25-14-8-15-26-44/h6-17,21-28,46-49H,18-20,29-39H2,1-5H3,(H,56,66)(H,57,65)(H,58,67)(H,59,69)/t46-,47-,48+,49+/m0/s1. The number of piperazine rings is 1. The molecule has 0 radical (unpaired) electrons. The Hall–Kier alpha value is -7.19. The van der Waals surface area contributed by atoms with E-state index in [4.69, 9.17) is 24.0 Å². The number of hydrogen-bond acceptors (Lipinski definition) is 12. The van der Waals surface area contributed by atoms with Crippen molar-refractivity contribution in [2.24, 2.45) is 0 Å². The monoisotopic (exact) mass is 1020 g/mol. The fourth-order valence-corrected chi connectivity index (χ4v) is 7.65. The molecule has 5 rings (SSSR count). The van der Waals surface area contributed by atoms with Crippen molar-refractivity contribution in [2.45, 2.75) is 129 Å². The Kier molecular flexibility index (Phi) is 23.5. The second-order valence-electron chi connectivity index (χ2n) is 18.8. The first-order chi connectivity index (χ1) is 35.5. The lowest BCUT2D eigenvalue weighted by molar-refractivity contribution is -0.196. The molecule has 0 bridgehead atoms. The van der Waals surface area contributed by atoms with Crippen molar-refractivity contribution in [3.05, 3.63) is 144 Å². The van der Waals surface area contributed by atoms with Crippen molar-refractivity contribution in [1.82, 2.24) is 36.5 Å². The van der Waals surface area contributed by atoms with Crippen molar-refractivity contribution in [3.63, 3.8) is 0 Å². The van der Waals surface area contributed by atoms with Crippen LogP contribution in [0, 0.1) is 0 Å². The number of nitrogens with one attached hydrogen (secondary N) is 4. The summed E-state index contributed by atoms with van der Waals surface area (Å²) >= 11 is 0. The predicted molar refractivity (Wildman–Crippen MR) is 273 cm³/mol. The first kappa shape index (κ1) is 57.7. The number of rotatable bonds is 29. The molecule has 74 heavy (non-hydrogen) atoms. The van der Waals surface area contributed by atoms with Gasteiger partial charge in [-0.3, -0.25) is 43.3 Å². The molecule has 398 valence electrons. The summed E-state index contributed by atoms with van der Waals surface area (Å²) in [4.78, 5) is 112. The van der Waals surface area contributed by atoms with Crippen LogP contribution in [-0.2, 0) is 79.2 Å². The Bertz CT molecular complexity index is 2390. The number of amides is 7. The molecule has 0 unspecified atom stereocenters. The van der Waals surface area contributed by atoms with Gasteiger partial charge in [0.15, 0.2) is 0 Å². The number of alkyl carbamates (subject to hydrolysis) is 1. The first-order valence-corrected chi connectivity index (χ1v) is 24.9. The van der Waals surface area contributed by atoms with Crippen molar-refractivity contribution >= 4 is 41.5 Å². The highest BCUT2D eigenvalue weighted by Gasteiger charge is 2.35. The van der Waals surface area contributed by atoms with Crippen LogP contribution in [0.5, 0.6) is 0 Å². The Balaban J connectivity index is 1.26. The van der Waals surface area contributed by atoms with Gasteiger partial charge in [-0.25, -0.2) is 20.0 Å². The number of carbonyl (C=O) groups is 7. The van der Waals surface area contributed by atoms with Gasteiger partial charge in [0.05, 0.1) is 13.2 Å². The third-order valence-electron chi connectivity index (χ3n) is 11.5. The van der Waals surface area contributed by atoms with Crippen molar-refractivity contribution in [2.75, 3.05) is 26.2 Å². The molecule has 1 saturated heterocycles. The Morgan fingerprint density at radius 1 is 0.541 bits per heavy atom. The van der Waals surface area contributed by atoms with E-state index in [0.717, 1.165) is 27.3 Å². The first-order valence-electron chi connectivity index (χ1n) is 24.9. The summed E-state index contributed by atoms with van der Waals surface area (Å²) in [6.07, 6.45) is 0.289. The van der Waals surface area contributed by atoms with E-state index in [2.05, 4.69) is 21.3 Å². The summed E-state index contributed by atoms with van der Waals surface area (Å²) in [5.41, 5.74) is 2.41. The Labute approximate surface area is 433 Å².